The van der Waals surface area contributed by atoms with E-state index in [4.69, 9.17) is 5.73 Å². The molecule has 2 rings (SSSR count). The van der Waals surface area contributed by atoms with Crippen molar-refractivity contribution >= 4 is 29.0 Å². The first-order chi connectivity index (χ1) is 9.70. The molecular formula is C16H18N2OS. The quantitative estimate of drug-likeness (QED) is 0.652. The standard InChI is InChI=1S/C16H18N2OS/c1-2-20-15-10-6-5-9-14(15)18-16(19)11-12-7-3-4-8-13(12)17/h3-10H,2,11,17H2,1H3,(H,18,19). The minimum absolute atomic E-state index is 0.0490. The Bertz CT molecular complexity index is 599. The van der Waals surface area contributed by atoms with E-state index in [0.717, 1.165) is 21.9 Å². The first-order valence-corrected chi connectivity index (χ1v) is 7.54. The van der Waals surface area contributed by atoms with Crippen LogP contribution in [0.4, 0.5) is 11.4 Å². The van der Waals surface area contributed by atoms with Crippen molar-refractivity contribution in [2.75, 3.05) is 16.8 Å². The van der Waals surface area contributed by atoms with E-state index >= 15 is 0 Å². The summed E-state index contributed by atoms with van der Waals surface area (Å²) >= 11 is 1.71. The zero-order valence-electron chi connectivity index (χ0n) is 11.4. The number of hydrogen-bond acceptors (Lipinski definition) is 3. The van der Waals surface area contributed by atoms with Crippen LogP contribution in [0.1, 0.15) is 12.5 Å². The van der Waals surface area contributed by atoms with Crippen LogP contribution in [-0.4, -0.2) is 11.7 Å². The van der Waals surface area contributed by atoms with Crippen LogP contribution in [0, 0.1) is 0 Å². The molecule has 1 amide bonds. The molecule has 3 N–H and O–H groups in total. The SMILES string of the molecule is CCSc1ccccc1NC(=O)Cc1ccccc1N. The molecule has 0 bridgehead atoms. The highest BCUT2D eigenvalue weighted by molar-refractivity contribution is 7.99. The van der Waals surface area contributed by atoms with Gasteiger partial charge in [0.05, 0.1) is 12.1 Å². The van der Waals surface area contributed by atoms with Crippen LogP contribution in [0.2, 0.25) is 0 Å². The number of rotatable bonds is 5. The number of carbonyl (C=O) groups excluding carboxylic acids is 1. The Hall–Kier alpha value is -1.94. The molecule has 2 aromatic rings. The monoisotopic (exact) mass is 286 g/mol. The Morgan fingerprint density at radius 3 is 2.60 bits per heavy atom. The number of para-hydroxylation sites is 2. The first kappa shape index (κ1) is 14.5. The third-order valence-corrected chi connectivity index (χ3v) is 3.82. The summed E-state index contributed by atoms with van der Waals surface area (Å²) in [5, 5.41) is 2.96. The summed E-state index contributed by atoms with van der Waals surface area (Å²) in [6.45, 7) is 2.09. The van der Waals surface area contributed by atoms with E-state index in [9.17, 15) is 4.79 Å². The van der Waals surface area contributed by atoms with Gasteiger partial charge < -0.3 is 11.1 Å². The number of hydrogen-bond donors (Lipinski definition) is 2. The lowest BCUT2D eigenvalue weighted by Crippen LogP contribution is -2.15. The molecule has 0 heterocycles. The maximum atomic E-state index is 12.1. The molecule has 0 unspecified atom stereocenters. The number of anilines is 2. The minimum Gasteiger partial charge on any atom is -0.398 e. The van der Waals surface area contributed by atoms with E-state index in [1.807, 2.05) is 48.5 Å². The molecule has 0 fully saturated rings. The van der Waals surface area contributed by atoms with Gasteiger partial charge in [0.25, 0.3) is 0 Å². The summed E-state index contributed by atoms with van der Waals surface area (Å²) in [4.78, 5) is 13.2. The van der Waals surface area contributed by atoms with E-state index in [-0.39, 0.29) is 12.3 Å². The second kappa shape index (κ2) is 7.01. The van der Waals surface area contributed by atoms with Crippen molar-refractivity contribution in [1.82, 2.24) is 0 Å². The van der Waals surface area contributed by atoms with Crippen molar-refractivity contribution in [3.63, 3.8) is 0 Å². The third-order valence-electron chi connectivity index (χ3n) is 2.87. The fourth-order valence-electron chi connectivity index (χ4n) is 1.91. The van der Waals surface area contributed by atoms with Crippen LogP contribution >= 0.6 is 11.8 Å². The Labute approximate surface area is 123 Å². The molecule has 0 spiro atoms. The van der Waals surface area contributed by atoms with Gasteiger partial charge in [0.1, 0.15) is 0 Å². The van der Waals surface area contributed by atoms with Crippen molar-refractivity contribution in [3.8, 4) is 0 Å². The van der Waals surface area contributed by atoms with E-state index in [1.165, 1.54) is 0 Å². The number of nitrogens with two attached hydrogens (primary N) is 1. The Kier molecular flexibility index (Phi) is 5.07. The molecule has 0 radical (unpaired) electrons. The zero-order valence-corrected chi connectivity index (χ0v) is 12.2. The summed E-state index contributed by atoms with van der Waals surface area (Å²) < 4.78 is 0. The molecule has 0 saturated heterocycles. The van der Waals surface area contributed by atoms with Crippen molar-refractivity contribution in [1.29, 1.82) is 0 Å². The van der Waals surface area contributed by atoms with E-state index in [0.29, 0.717) is 5.69 Å². The lowest BCUT2D eigenvalue weighted by atomic mass is 10.1. The number of nitrogen functional groups attached to an aromatic ring is 1. The molecule has 0 aromatic heterocycles. The van der Waals surface area contributed by atoms with Crippen molar-refractivity contribution in [2.24, 2.45) is 0 Å². The van der Waals surface area contributed by atoms with Gasteiger partial charge in [-0.25, -0.2) is 0 Å². The highest BCUT2D eigenvalue weighted by Crippen LogP contribution is 2.26. The van der Waals surface area contributed by atoms with Gasteiger partial charge >= 0.3 is 0 Å². The second-order valence-corrected chi connectivity index (χ2v) is 5.66. The summed E-state index contributed by atoms with van der Waals surface area (Å²) in [7, 11) is 0. The lowest BCUT2D eigenvalue weighted by molar-refractivity contribution is -0.115. The van der Waals surface area contributed by atoms with Gasteiger partial charge in [-0.3, -0.25) is 4.79 Å². The minimum atomic E-state index is -0.0490. The zero-order chi connectivity index (χ0) is 14.4. The van der Waals surface area contributed by atoms with Crippen molar-refractivity contribution in [2.45, 2.75) is 18.2 Å². The molecule has 104 valence electrons. The highest BCUT2D eigenvalue weighted by Gasteiger charge is 2.09. The molecule has 3 nitrogen and oxygen atoms in total. The normalized spacial score (nSPS) is 10.2. The molecule has 2 aromatic carbocycles. The molecule has 0 saturated carbocycles. The Morgan fingerprint density at radius 1 is 1.15 bits per heavy atom. The van der Waals surface area contributed by atoms with Gasteiger partial charge in [-0.05, 0) is 29.5 Å². The number of carbonyl (C=O) groups is 1. The van der Waals surface area contributed by atoms with Gasteiger partial charge in [-0.15, -0.1) is 11.8 Å². The maximum Gasteiger partial charge on any atom is 0.228 e. The number of amides is 1. The van der Waals surface area contributed by atoms with Crippen LogP contribution in [0.15, 0.2) is 53.4 Å². The fourth-order valence-corrected chi connectivity index (χ4v) is 2.67. The topological polar surface area (TPSA) is 55.1 Å². The number of benzene rings is 2. The molecular weight excluding hydrogens is 268 g/mol. The average molecular weight is 286 g/mol. The van der Waals surface area contributed by atoms with Crippen LogP contribution in [0.25, 0.3) is 0 Å². The van der Waals surface area contributed by atoms with Crippen LogP contribution in [0.5, 0.6) is 0 Å². The number of thioether (sulfide) groups is 1. The lowest BCUT2D eigenvalue weighted by Gasteiger charge is -2.10. The van der Waals surface area contributed by atoms with Gasteiger partial charge in [-0.2, -0.15) is 0 Å². The smallest absolute Gasteiger partial charge is 0.228 e. The molecule has 0 atom stereocenters. The van der Waals surface area contributed by atoms with E-state index < -0.39 is 0 Å². The number of nitrogens with one attached hydrogen (secondary N) is 1. The van der Waals surface area contributed by atoms with Crippen LogP contribution in [0.3, 0.4) is 0 Å². The van der Waals surface area contributed by atoms with Gasteiger partial charge in [0.15, 0.2) is 0 Å². The van der Waals surface area contributed by atoms with E-state index in [1.54, 1.807) is 11.8 Å². The Morgan fingerprint density at radius 2 is 1.85 bits per heavy atom. The highest BCUT2D eigenvalue weighted by atomic mass is 32.2. The largest absolute Gasteiger partial charge is 0.398 e. The summed E-state index contributed by atoms with van der Waals surface area (Å²) in [5.74, 6) is 0.922. The summed E-state index contributed by atoms with van der Waals surface area (Å²) in [5.41, 5.74) is 8.22. The second-order valence-electron chi connectivity index (χ2n) is 4.35. The van der Waals surface area contributed by atoms with Crippen LogP contribution < -0.4 is 11.1 Å². The molecule has 0 aliphatic carbocycles. The summed E-state index contributed by atoms with van der Waals surface area (Å²) in [6, 6.07) is 15.3. The van der Waals surface area contributed by atoms with E-state index in [2.05, 4.69) is 12.2 Å². The van der Waals surface area contributed by atoms with Crippen LogP contribution in [-0.2, 0) is 11.2 Å². The molecule has 4 heteroatoms. The predicted octanol–water partition coefficient (Wildman–Crippen LogP) is 3.56. The Balaban J connectivity index is 2.07. The van der Waals surface area contributed by atoms with Gasteiger partial charge in [0, 0.05) is 10.6 Å². The summed E-state index contributed by atoms with van der Waals surface area (Å²) in [6.07, 6.45) is 0.289. The van der Waals surface area contributed by atoms with Crippen molar-refractivity contribution < 1.29 is 4.79 Å². The van der Waals surface area contributed by atoms with Gasteiger partial charge in [0.2, 0.25) is 5.91 Å². The fraction of sp³-hybridized carbons (Fsp3) is 0.188. The predicted molar refractivity (Wildman–Crippen MR) is 86.0 cm³/mol. The third kappa shape index (κ3) is 3.78. The first-order valence-electron chi connectivity index (χ1n) is 6.55. The van der Waals surface area contributed by atoms with Crippen molar-refractivity contribution in [3.05, 3.63) is 54.1 Å². The molecule has 20 heavy (non-hydrogen) atoms. The molecule has 0 aliphatic heterocycles. The van der Waals surface area contributed by atoms with Gasteiger partial charge in [-0.1, -0.05) is 37.3 Å². The maximum absolute atomic E-state index is 12.1. The molecule has 0 aliphatic rings. The average Bonchev–Trinajstić information content (AvgIpc) is 2.44.